The molecular formula is C33H27Cl3N2O6S. The molecule has 8 nitrogen and oxygen atoms in total. The van der Waals surface area contributed by atoms with E-state index in [2.05, 4.69) is 0 Å². The number of rotatable bonds is 9. The lowest BCUT2D eigenvalue weighted by molar-refractivity contribution is -0.137. The normalized spacial score (nSPS) is 14.6. The van der Waals surface area contributed by atoms with Crippen LogP contribution in [0, 0.1) is 6.92 Å². The average molecular weight is 686 g/mol. The summed E-state index contributed by atoms with van der Waals surface area (Å²) in [4.78, 5) is 27.7. The van der Waals surface area contributed by atoms with Crippen LogP contribution in [-0.2, 0) is 37.4 Å². The van der Waals surface area contributed by atoms with Crippen molar-refractivity contribution < 1.29 is 27.2 Å². The van der Waals surface area contributed by atoms with E-state index in [0.717, 1.165) is 5.56 Å². The Kier molecular flexibility index (Phi) is 9.57. The van der Waals surface area contributed by atoms with E-state index in [1.165, 1.54) is 17.5 Å². The molecule has 12 heteroatoms. The van der Waals surface area contributed by atoms with E-state index >= 15 is 0 Å². The van der Waals surface area contributed by atoms with Crippen LogP contribution in [0.1, 0.15) is 29.6 Å². The van der Waals surface area contributed by atoms with E-state index in [1.54, 1.807) is 90.7 Å². The van der Waals surface area contributed by atoms with Gasteiger partial charge >= 0.3 is 5.97 Å². The van der Waals surface area contributed by atoms with E-state index in [1.807, 2.05) is 6.92 Å². The number of esters is 1. The summed E-state index contributed by atoms with van der Waals surface area (Å²) < 4.78 is 39.9. The van der Waals surface area contributed by atoms with Gasteiger partial charge in [-0.25, -0.2) is 13.2 Å². The minimum Gasteiger partial charge on any atom is -0.465 e. The number of nitrogens with zero attached hydrogens (tertiary/aromatic N) is 2. The van der Waals surface area contributed by atoms with Crippen molar-refractivity contribution in [2.45, 2.75) is 31.8 Å². The van der Waals surface area contributed by atoms with Crippen molar-refractivity contribution in [1.82, 2.24) is 4.31 Å². The number of furan rings is 1. The average Bonchev–Trinajstić information content (AvgIpc) is 3.55. The predicted molar refractivity (Wildman–Crippen MR) is 174 cm³/mol. The third kappa shape index (κ3) is 6.88. The summed E-state index contributed by atoms with van der Waals surface area (Å²) in [5.74, 6) is -0.738. The highest BCUT2D eigenvalue weighted by Gasteiger charge is 2.38. The number of allylic oxidation sites excluding steroid dienone is 2. The van der Waals surface area contributed by atoms with Gasteiger partial charge in [-0.2, -0.15) is 4.31 Å². The maximum absolute atomic E-state index is 13.8. The first-order valence-electron chi connectivity index (χ1n) is 13.6. The number of methoxy groups -OCH3 is 1. The topological polar surface area (TPSA) is 97.1 Å². The first-order valence-corrected chi connectivity index (χ1v) is 16.2. The number of sulfonamides is 1. The minimum absolute atomic E-state index is 0.0578. The summed E-state index contributed by atoms with van der Waals surface area (Å²) >= 11 is 18.6. The van der Waals surface area contributed by atoms with Crippen LogP contribution >= 0.6 is 34.8 Å². The molecule has 0 saturated carbocycles. The van der Waals surface area contributed by atoms with Crippen LogP contribution in [0.25, 0.3) is 6.08 Å². The number of benzene rings is 3. The fourth-order valence-corrected chi connectivity index (χ4v) is 6.85. The molecule has 1 aliphatic heterocycles. The van der Waals surface area contributed by atoms with Crippen molar-refractivity contribution in [3.05, 3.63) is 134 Å². The molecule has 3 aromatic carbocycles. The second kappa shape index (κ2) is 13.2. The van der Waals surface area contributed by atoms with Crippen molar-refractivity contribution in [3.8, 4) is 0 Å². The van der Waals surface area contributed by atoms with E-state index in [0.29, 0.717) is 37.8 Å². The number of ether oxygens (including phenoxy) is 1. The Morgan fingerprint density at radius 3 is 2.22 bits per heavy atom. The lowest BCUT2D eigenvalue weighted by atomic mass is 10.1. The van der Waals surface area contributed by atoms with E-state index in [4.69, 9.17) is 44.0 Å². The van der Waals surface area contributed by atoms with Gasteiger partial charge in [-0.3, -0.25) is 4.79 Å². The maximum Gasteiger partial charge on any atom is 0.343 e. The Hall–Kier alpha value is -3.86. The number of Topliss-reactive ketones (excluding diaryl/α,β-unsaturated/α-hetero) is 1. The molecule has 0 fully saturated rings. The molecule has 2 heterocycles. The first kappa shape index (κ1) is 32.5. The number of carbonyl (C=O) groups is 2. The van der Waals surface area contributed by atoms with Gasteiger partial charge in [0.15, 0.2) is 0 Å². The number of hydrogen-bond donors (Lipinski definition) is 0. The van der Waals surface area contributed by atoms with E-state index in [-0.39, 0.29) is 35.0 Å². The third-order valence-corrected chi connectivity index (χ3v) is 9.83. The summed E-state index contributed by atoms with van der Waals surface area (Å²) in [6.45, 7) is 3.31. The van der Waals surface area contributed by atoms with Crippen molar-refractivity contribution in [2.24, 2.45) is 0 Å². The van der Waals surface area contributed by atoms with Crippen LogP contribution in [0.4, 0.5) is 5.69 Å². The summed E-state index contributed by atoms with van der Waals surface area (Å²) in [6.07, 6.45) is 1.49. The maximum atomic E-state index is 13.8. The first-order chi connectivity index (χ1) is 21.4. The summed E-state index contributed by atoms with van der Waals surface area (Å²) in [5, 5.41) is 1.25. The van der Waals surface area contributed by atoms with Gasteiger partial charge in [0.25, 0.3) is 0 Å². The number of carbonyl (C=O) groups excluding carboxylic acids is 2. The quantitative estimate of drug-likeness (QED) is 0.101. The lowest BCUT2D eigenvalue weighted by Crippen LogP contribution is -2.30. The predicted octanol–water partition coefficient (Wildman–Crippen LogP) is 7.82. The molecule has 232 valence electrons. The zero-order chi connectivity index (χ0) is 32.5. The van der Waals surface area contributed by atoms with Gasteiger partial charge in [-0.15, -0.1) is 0 Å². The highest BCUT2D eigenvalue weighted by atomic mass is 35.5. The Morgan fingerprint density at radius 1 is 0.911 bits per heavy atom. The van der Waals surface area contributed by atoms with Crippen LogP contribution < -0.4 is 4.90 Å². The summed E-state index contributed by atoms with van der Waals surface area (Å²) in [7, 11) is -2.80. The van der Waals surface area contributed by atoms with Crippen molar-refractivity contribution >= 4 is 68.3 Å². The van der Waals surface area contributed by atoms with Crippen LogP contribution in [0.15, 0.2) is 105 Å². The monoisotopic (exact) mass is 684 g/mol. The summed E-state index contributed by atoms with van der Waals surface area (Å²) in [5.41, 5.74) is 2.48. The number of anilines is 1. The second-order valence-electron chi connectivity index (χ2n) is 10.2. The van der Waals surface area contributed by atoms with E-state index in [9.17, 15) is 18.0 Å². The molecule has 1 aliphatic rings. The SMILES string of the molecule is COC(=O)C1=C(C)N(c2ccc(Cl)cc2)/C(=C/c2ccc(CN(Cc3ccc(Cl)cc3Cl)S(=O)(=O)c3ccc(C)cc3)o2)C1=O. The number of ketones is 1. The molecule has 0 atom stereocenters. The Labute approximate surface area is 276 Å². The van der Waals surface area contributed by atoms with Crippen molar-refractivity contribution in [1.29, 1.82) is 0 Å². The highest BCUT2D eigenvalue weighted by molar-refractivity contribution is 7.89. The largest absolute Gasteiger partial charge is 0.465 e. The molecule has 0 amide bonds. The van der Waals surface area contributed by atoms with Gasteiger partial charge in [0, 0.05) is 39.1 Å². The Morgan fingerprint density at radius 2 is 1.58 bits per heavy atom. The molecule has 5 rings (SSSR count). The molecule has 0 saturated heterocycles. The zero-order valence-corrected chi connectivity index (χ0v) is 27.5. The van der Waals surface area contributed by atoms with Crippen LogP contribution in [0.3, 0.4) is 0 Å². The Bertz CT molecular complexity index is 1950. The molecule has 0 bridgehead atoms. The molecule has 4 aromatic rings. The lowest BCUT2D eigenvalue weighted by Gasteiger charge is -2.22. The zero-order valence-electron chi connectivity index (χ0n) is 24.4. The Balaban J connectivity index is 1.51. The number of halogens is 3. The van der Waals surface area contributed by atoms with Crippen LogP contribution in [-0.4, -0.2) is 31.6 Å². The molecule has 0 radical (unpaired) electrons. The van der Waals surface area contributed by atoms with Crippen LogP contribution in [0.2, 0.25) is 15.1 Å². The van der Waals surface area contributed by atoms with Crippen molar-refractivity contribution in [2.75, 3.05) is 12.0 Å². The van der Waals surface area contributed by atoms with E-state index < -0.39 is 21.8 Å². The molecule has 0 spiro atoms. The van der Waals surface area contributed by atoms with Crippen LogP contribution in [0.5, 0.6) is 0 Å². The molecular weight excluding hydrogens is 659 g/mol. The molecule has 0 N–H and O–H groups in total. The summed E-state index contributed by atoms with van der Waals surface area (Å²) in [6, 6.07) is 21.4. The van der Waals surface area contributed by atoms with Gasteiger partial charge in [0.05, 0.1) is 24.2 Å². The smallest absolute Gasteiger partial charge is 0.343 e. The molecule has 0 aliphatic carbocycles. The number of aryl methyl sites for hydroxylation is 1. The fourth-order valence-electron chi connectivity index (χ4n) is 4.87. The van der Waals surface area contributed by atoms with Gasteiger partial charge in [-0.05, 0) is 80.1 Å². The minimum atomic E-state index is -4.00. The van der Waals surface area contributed by atoms with Gasteiger partial charge in [-0.1, -0.05) is 58.6 Å². The number of hydrogen-bond acceptors (Lipinski definition) is 7. The van der Waals surface area contributed by atoms with Gasteiger partial charge < -0.3 is 14.1 Å². The molecule has 0 unspecified atom stereocenters. The van der Waals surface area contributed by atoms with Gasteiger partial charge in [0.2, 0.25) is 15.8 Å². The van der Waals surface area contributed by atoms with Gasteiger partial charge in [0.1, 0.15) is 17.1 Å². The molecule has 1 aromatic heterocycles. The third-order valence-electron chi connectivity index (χ3n) is 7.19. The molecule has 45 heavy (non-hydrogen) atoms. The standard InChI is InChI=1S/C33H27Cl3N2O6S/c1-20-4-14-28(15-5-20)45(41,42)37(18-22-6-7-24(35)16-29(22)36)19-27-13-12-26(44-27)17-30-32(39)31(33(40)43-3)21(2)38(30)25-10-8-23(34)9-11-25/h4-17H,18-19H2,1-3H3/b30-17+. The fraction of sp³-hybridized carbons (Fsp3) is 0.152. The second-order valence-corrected chi connectivity index (χ2v) is 13.5. The highest BCUT2D eigenvalue weighted by Crippen LogP contribution is 2.36. The van der Waals surface area contributed by atoms with Crippen molar-refractivity contribution in [3.63, 3.8) is 0 Å².